The number of benzene rings is 2. The predicted molar refractivity (Wildman–Crippen MR) is 103 cm³/mol. The normalized spacial score (nSPS) is 11.6. The summed E-state index contributed by atoms with van der Waals surface area (Å²) in [6, 6.07) is 15.4. The average molecular weight is 366 g/mol. The molecule has 4 nitrogen and oxygen atoms in total. The van der Waals surface area contributed by atoms with Gasteiger partial charge in [0.2, 0.25) is 0 Å². The SMILES string of the molecule is CC(C)(C)c1cc(CC(=O)Cc2ccc(O)cc2F)n(-c2ccccc2)n1. The Bertz CT molecular complexity index is 956. The van der Waals surface area contributed by atoms with Crippen molar-refractivity contribution >= 4 is 5.78 Å². The van der Waals surface area contributed by atoms with Gasteiger partial charge in [0.15, 0.2) is 0 Å². The summed E-state index contributed by atoms with van der Waals surface area (Å²) in [5.41, 5.74) is 2.67. The second-order valence-corrected chi connectivity index (χ2v) is 7.69. The van der Waals surface area contributed by atoms with Crippen LogP contribution in [-0.2, 0) is 23.1 Å². The van der Waals surface area contributed by atoms with Gasteiger partial charge in [-0.15, -0.1) is 0 Å². The van der Waals surface area contributed by atoms with Crippen molar-refractivity contribution in [3.63, 3.8) is 0 Å². The maximum atomic E-state index is 13.9. The fourth-order valence-corrected chi connectivity index (χ4v) is 2.86. The number of phenolic OH excluding ortho intramolecular Hbond substituents is 1. The van der Waals surface area contributed by atoms with Crippen molar-refractivity contribution in [3.8, 4) is 11.4 Å². The first-order chi connectivity index (χ1) is 12.7. The summed E-state index contributed by atoms with van der Waals surface area (Å²) in [5.74, 6) is -0.840. The van der Waals surface area contributed by atoms with Gasteiger partial charge in [0.05, 0.1) is 17.1 Å². The quantitative estimate of drug-likeness (QED) is 0.729. The standard InChI is InChI=1S/C22H23FN2O2/c1-22(2,3)21-13-17(25(24-21)16-7-5-4-6-8-16)12-19(27)11-15-9-10-18(26)14-20(15)23/h4-10,13-14,26H,11-12H2,1-3H3. The molecule has 0 aliphatic rings. The Hall–Kier alpha value is -2.95. The lowest BCUT2D eigenvalue weighted by Gasteiger charge is -2.14. The fourth-order valence-electron chi connectivity index (χ4n) is 2.86. The number of ketones is 1. The van der Waals surface area contributed by atoms with Crippen molar-refractivity contribution in [2.45, 2.75) is 39.0 Å². The van der Waals surface area contributed by atoms with Crippen molar-refractivity contribution in [3.05, 3.63) is 77.4 Å². The third-order valence-electron chi connectivity index (χ3n) is 4.35. The number of hydrogen-bond acceptors (Lipinski definition) is 3. The molecule has 2 aromatic carbocycles. The van der Waals surface area contributed by atoms with E-state index in [1.54, 1.807) is 4.68 Å². The van der Waals surface area contributed by atoms with Crippen LogP contribution in [0.3, 0.4) is 0 Å². The van der Waals surface area contributed by atoms with Crippen LogP contribution in [0.1, 0.15) is 37.7 Å². The number of carbonyl (C=O) groups excluding carboxylic acids is 1. The molecule has 3 rings (SSSR count). The summed E-state index contributed by atoms with van der Waals surface area (Å²) in [6.07, 6.45) is 0.120. The highest BCUT2D eigenvalue weighted by Crippen LogP contribution is 2.24. The van der Waals surface area contributed by atoms with Gasteiger partial charge in [0.1, 0.15) is 17.3 Å². The number of nitrogens with zero attached hydrogens (tertiary/aromatic N) is 2. The third kappa shape index (κ3) is 4.42. The van der Waals surface area contributed by atoms with E-state index in [9.17, 15) is 14.3 Å². The third-order valence-corrected chi connectivity index (χ3v) is 4.35. The number of halogens is 1. The molecule has 1 aromatic heterocycles. The summed E-state index contributed by atoms with van der Waals surface area (Å²) in [7, 11) is 0. The highest BCUT2D eigenvalue weighted by Gasteiger charge is 2.22. The van der Waals surface area contributed by atoms with Gasteiger partial charge >= 0.3 is 0 Å². The molecule has 0 unspecified atom stereocenters. The first-order valence-electron chi connectivity index (χ1n) is 8.88. The van der Waals surface area contributed by atoms with Gasteiger partial charge in [0.25, 0.3) is 0 Å². The second-order valence-electron chi connectivity index (χ2n) is 7.69. The number of phenols is 1. The molecule has 0 spiro atoms. The Kier molecular flexibility index (Phi) is 5.13. The molecule has 0 aliphatic carbocycles. The van der Waals surface area contributed by atoms with E-state index >= 15 is 0 Å². The Morgan fingerprint density at radius 3 is 2.41 bits per heavy atom. The van der Waals surface area contributed by atoms with Crippen molar-refractivity contribution in [1.82, 2.24) is 9.78 Å². The number of Topliss-reactive ketones (excluding diaryl/α,β-unsaturated/α-hetero) is 1. The molecule has 5 heteroatoms. The van der Waals surface area contributed by atoms with Crippen molar-refractivity contribution in [2.24, 2.45) is 0 Å². The molecule has 0 fully saturated rings. The van der Waals surface area contributed by atoms with Crippen molar-refractivity contribution in [1.29, 1.82) is 0 Å². The Labute approximate surface area is 158 Å². The van der Waals surface area contributed by atoms with E-state index < -0.39 is 5.82 Å². The van der Waals surface area contributed by atoms with Crippen LogP contribution in [0.15, 0.2) is 54.6 Å². The number of carbonyl (C=O) groups is 1. The van der Waals surface area contributed by atoms with Crippen LogP contribution in [0.4, 0.5) is 4.39 Å². The molecule has 0 atom stereocenters. The van der Waals surface area contributed by atoms with Gasteiger partial charge in [-0.25, -0.2) is 9.07 Å². The fraction of sp³-hybridized carbons (Fsp3) is 0.273. The lowest BCUT2D eigenvalue weighted by Crippen LogP contribution is -2.13. The molecule has 27 heavy (non-hydrogen) atoms. The van der Waals surface area contributed by atoms with Gasteiger partial charge in [-0.1, -0.05) is 45.0 Å². The lowest BCUT2D eigenvalue weighted by molar-refractivity contribution is -0.117. The Balaban J connectivity index is 1.89. The maximum Gasteiger partial charge on any atom is 0.143 e. The van der Waals surface area contributed by atoms with Crippen LogP contribution in [0, 0.1) is 5.82 Å². The van der Waals surface area contributed by atoms with E-state index in [1.165, 1.54) is 12.1 Å². The van der Waals surface area contributed by atoms with Crippen LogP contribution < -0.4 is 0 Å². The molecule has 0 amide bonds. The van der Waals surface area contributed by atoms with Crippen LogP contribution in [0.2, 0.25) is 0 Å². The van der Waals surface area contributed by atoms with E-state index in [2.05, 4.69) is 20.8 Å². The van der Waals surface area contributed by atoms with Gasteiger partial charge in [-0.3, -0.25) is 4.79 Å². The number of aromatic nitrogens is 2. The maximum absolute atomic E-state index is 13.9. The molecule has 0 saturated heterocycles. The molecule has 3 aromatic rings. The van der Waals surface area contributed by atoms with Gasteiger partial charge in [0, 0.05) is 24.3 Å². The molecular formula is C22H23FN2O2. The van der Waals surface area contributed by atoms with Crippen molar-refractivity contribution < 1.29 is 14.3 Å². The van der Waals surface area contributed by atoms with Gasteiger partial charge < -0.3 is 5.11 Å². The van der Waals surface area contributed by atoms with E-state index in [1.807, 2.05) is 36.4 Å². The summed E-state index contributed by atoms with van der Waals surface area (Å²) >= 11 is 0. The highest BCUT2D eigenvalue weighted by atomic mass is 19.1. The average Bonchev–Trinajstić information content (AvgIpc) is 3.02. The predicted octanol–water partition coefficient (Wildman–Crippen LogP) is 4.37. The largest absolute Gasteiger partial charge is 0.508 e. The Morgan fingerprint density at radius 2 is 1.78 bits per heavy atom. The van der Waals surface area contributed by atoms with E-state index in [-0.39, 0.29) is 35.4 Å². The van der Waals surface area contributed by atoms with E-state index in [4.69, 9.17) is 5.10 Å². The molecule has 140 valence electrons. The minimum absolute atomic E-state index is 0.0308. The summed E-state index contributed by atoms with van der Waals surface area (Å²) in [4.78, 5) is 12.6. The first kappa shape index (κ1) is 18.8. The Morgan fingerprint density at radius 1 is 1.07 bits per heavy atom. The molecule has 1 heterocycles. The second kappa shape index (κ2) is 7.35. The van der Waals surface area contributed by atoms with Crippen LogP contribution in [-0.4, -0.2) is 20.7 Å². The minimum Gasteiger partial charge on any atom is -0.508 e. The van der Waals surface area contributed by atoms with Gasteiger partial charge in [-0.05, 0) is 29.8 Å². The van der Waals surface area contributed by atoms with Crippen LogP contribution in [0.25, 0.3) is 5.69 Å². The van der Waals surface area contributed by atoms with Gasteiger partial charge in [-0.2, -0.15) is 5.10 Å². The molecule has 0 bridgehead atoms. The number of aromatic hydroxyl groups is 1. The summed E-state index contributed by atoms with van der Waals surface area (Å²) < 4.78 is 15.7. The monoisotopic (exact) mass is 366 g/mol. The van der Waals surface area contributed by atoms with E-state index in [0.29, 0.717) is 0 Å². The smallest absolute Gasteiger partial charge is 0.143 e. The lowest BCUT2D eigenvalue weighted by atomic mass is 9.92. The summed E-state index contributed by atoms with van der Waals surface area (Å²) in [5, 5.41) is 14.0. The number of rotatable bonds is 5. The molecule has 0 saturated carbocycles. The molecule has 0 radical (unpaired) electrons. The number of para-hydroxylation sites is 1. The highest BCUT2D eigenvalue weighted by molar-refractivity contribution is 5.83. The molecule has 0 aliphatic heterocycles. The first-order valence-corrected chi connectivity index (χ1v) is 8.88. The zero-order valence-electron chi connectivity index (χ0n) is 15.7. The summed E-state index contributed by atoms with van der Waals surface area (Å²) in [6.45, 7) is 6.21. The minimum atomic E-state index is -0.574. The zero-order chi connectivity index (χ0) is 19.6. The van der Waals surface area contributed by atoms with E-state index in [0.717, 1.165) is 23.1 Å². The molecule has 1 N–H and O–H groups in total. The van der Waals surface area contributed by atoms with Crippen LogP contribution in [0.5, 0.6) is 5.75 Å². The number of hydrogen-bond donors (Lipinski definition) is 1. The topological polar surface area (TPSA) is 55.1 Å². The van der Waals surface area contributed by atoms with Crippen LogP contribution >= 0.6 is 0 Å². The molecular weight excluding hydrogens is 343 g/mol. The van der Waals surface area contributed by atoms with Crippen molar-refractivity contribution in [2.75, 3.05) is 0 Å². The zero-order valence-corrected chi connectivity index (χ0v) is 15.7.